The highest BCUT2D eigenvalue weighted by molar-refractivity contribution is 5.94. The van der Waals surface area contributed by atoms with Crippen molar-refractivity contribution in [1.29, 1.82) is 0 Å². The number of hydrogen-bond acceptors (Lipinski definition) is 4. The summed E-state index contributed by atoms with van der Waals surface area (Å²) in [6, 6.07) is 9.47. The van der Waals surface area contributed by atoms with Crippen molar-refractivity contribution in [2.24, 2.45) is 11.8 Å². The molecule has 2 atom stereocenters. The van der Waals surface area contributed by atoms with Crippen molar-refractivity contribution in [1.82, 2.24) is 19.6 Å². The van der Waals surface area contributed by atoms with Gasteiger partial charge >= 0.3 is 0 Å². The van der Waals surface area contributed by atoms with Gasteiger partial charge in [-0.1, -0.05) is 12.8 Å². The summed E-state index contributed by atoms with van der Waals surface area (Å²) in [4.78, 5) is 17.5. The standard InChI is InChI=1S/C22H30N4O2/c27-17-20-16-25(15-19(20)14-24-11-3-1-2-4-12-24)22(28)18-6-8-21(9-7-18)26-13-5-10-23-26/h5-10,13,19-20,27H,1-4,11-12,14-17H2/t19-,20-/m1/s1. The summed E-state index contributed by atoms with van der Waals surface area (Å²) in [5.41, 5.74) is 1.64. The van der Waals surface area contributed by atoms with Crippen LogP contribution in [-0.4, -0.2) is 69.9 Å². The number of benzene rings is 1. The number of carbonyl (C=O) groups is 1. The number of aromatic nitrogens is 2. The zero-order valence-corrected chi connectivity index (χ0v) is 16.4. The Hall–Kier alpha value is -2.18. The van der Waals surface area contributed by atoms with Gasteiger partial charge in [-0.05, 0) is 62.2 Å². The topological polar surface area (TPSA) is 61.6 Å². The van der Waals surface area contributed by atoms with Crippen LogP contribution in [0.3, 0.4) is 0 Å². The van der Waals surface area contributed by atoms with Crippen molar-refractivity contribution >= 4 is 5.91 Å². The third-order valence-corrected chi connectivity index (χ3v) is 6.17. The highest BCUT2D eigenvalue weighted by atomic mass is 16.3. The smallest absolute Gasteiger partial charge is 0.253 e. The molecule has 0 spiro atoms. The van der Waals surface area contributed by atoms with Gasteiger partial charge in [0, 0.05) is 50.1 Å². The lowest BCUT2D eigenvalue weighted by Crippen LogP contribution is -2.35. The molecule has 28 heavy (non-hydrogen) atoms. The van der Waals surface area contributed by atoms with E-state index in [1.165, 1.54) is 25.7 Å². The summed E-state index contributed by atoms with van der Waals surface area (Å²) >= 11 is 0. The summed E-state index contributed by atoms with van der Waals surface area (Å²) in [7, 11) is 0. The molecule has 0 saturated carbocycles. The van der Waals surface area contributed by atoms with E-state index in [1.54, 1.807) is 10.9 Å². The van der Waals surface area contributed by atoms with Gasteiger partial charge in [0.2, 0.25) is 0 Å². The summed E-state index contributed by atoms with van der Waals surface area (Å²) in [5, 5.41) is 14.1. The maximum absolute atomic E-state index is 13.0. The lowest BCUT2D eigenvalue weighted by molar-refractivity contribution is 0.0779. The van der Waals surface area contributed by atoms with E-state index < -0.39 is 0 Å². The van der Waals surface area contributed by atoms with Crippen molar-refractivity contribution < 1.29 is 9.90 Å². The van der Waals surface area contributed by atoms with Crippen LogP contribution in [0.2, 0.25) is 0 Å². The molecular weight excluding hydrogens is 352 g/mol. The minimum absolute atomic E-state index is 0.0591. The van der Waals surface area contributed by atoms with Gasteiger partial charge in [-0.2, -0.15) is 5.10 Å². The fraction of sp³-hybridized carbons (Fsp3) is 0.545. The van der Waals surface area contributed by atoms with Gasteiger partial charge in [0.15, 0.2) is 0 Å². The second kappa shape index (κ2) is 8.88. The van der Waals surface area contributed by atoms with E-state index in [0.717, 1.165) is 31.9 Å². The van der Waals surface area contributed by atoms with Gasteiger partial charge in [0.1, 0.15) is 0 Å². The first-order chi connectivity index (χ1) is 13.7. The van der Waals surface area contributed by atoms with Gasteiger partial charge in [0.25, 0.3) is 5.91 Å². The summed E-state index contributed by atoms with van der Waals surface area (Å²) in [5.74, 6) is 0.592. The summed E-state index contributed by atoms with van der Waals surface area (Å²) in [6.45, 7) is 4.83. The average molecular weight is 383 g/mol. The molecular formula is C22H30N4O2. The van der Waals surface area contributed by atoms with Crippen molar-refractivity contribution in [2.45, 2.75) is 25.7 Å². The molecule has 1 amide bonds. The normalized spacial score (nSPS) is 23.7. The molecule has 3 heterocycles. The maximum Gasteiger partial charge on any atom is 0.253 e. The number of rotatable bonds is 5. The molecule has 2 aromatic rings. The monoisotopic (exact) mass is 382 g/mol. The number of aliphatic hydroxyl groups is 1. The molecule has 0 aliphatic carbocycles. The third-order valence-electron chi connectivity index (χ3n) is 6.17. The molecule has 0 radical (unpaired) electrons. The first-order valence-corrected chi connectivity index (χ1v) is 10.5. The van der Waals surface area contributed by atoms with Crippen LogP contribution in [0.15, 0.2) is 42.7 Å². The minimum Gasteiger partial charge on any atom is -0.396 e. The van der Waals surface area contributed by atoms with Gasteiger partial charge in [-0.3, -0.25) is 4.79 Å². The van der Waals surface area contributed by atoms with Crippen molar-refractivity contribution in [3.8, 4) is 5.69 Å². The fourth-order valence-corrected chi connectivity index (χ4v) is 4.53. The molecule has 2 fully saturated rings. The molecule has 1 aromatic carbocycles. The number of nitrogens with zero attached hydrogens (tertiary/aromatic N) is 4. The quantitative estimate of drug-likeness (QED) is 0.863. The zero-order chi connectivity index (χ0) is 19.3. The number of carbonyl (C=O) groups excluding carboxylic acids is 1. The molecule has 1 N–H and O–H groups in total. The third kappa shape index (κ3) is 4.28. The predicted molar refractivity (Wildman–Crippen MR) is 108 cm³/mol. The SMILES string of the molecule is O=C(c1ccc(-n2cccn2)cc1)N1C[C@@H](CN2CCCCCC2)[C@@H](CO)C1. The van der Waals surface area contributed by atoms with E-state index in [9.17, 15) is 9.90 Å². The highest BCUT2D eigenvalue weighted by Crippen LogP contribution is 2.27. The van der Waals surface area contributed by atoms with Gasteiger partial charge < -0.3 is 14.9 Å². The Morgan fingerprint density at radius 3 is 2.39 bits per heavy atom. The Kier molecular flexibility index (Phi) is 6.07. The molecule has 6 heteroatoms. The molecule has 0 bridgehead atoms. The van der Waals surface area contributed by atoms with Crippen LogP contribution >= 0.6 is 0 Å². The van der Waals surface area contributed by atoms with Crippen LogP contribution in [0.5, 0.6) is 0 Å². The van der Waals surface area contributed by atoms with Crippen molar-refractivity contribution in [3.63, 3.8) is 0 Å². The van der Waals surface area contributed by atoms with E-state index in [0.29, 0.717) is 18.0 Å². The molecule has 1 aromatic heterocycles. The average Bonchev–Trinajstić information content (AvgIpc) is 3.33. The summed E-state index contributed by atoms with van der Waals surface area (Å²) in [6.07, 6.45) is 8.80. The first-order valence-electron chi connectivity index (χ1n) is 10.5. The van der Waals surface area contributed by atoms with Crippen LogP contribution in [-0.2, 0) is 0 Å². The van der Waals surface area contributed by atoms with E-state index in [-0.39, 0.29) is 18.4 Å². The maximum atomic E-state index is 13.0. The van der Waals surface area contributed by atoms with Gasteiger partial charge in [-0.25, -0.2) is 4.68 Å². The van der Waals surface area contributed by atoms with Gasteiger partial charge in [0.05, 0.1) is 5.69 Å². The molecule has 0 unspecified atom stereocenters. The Balaban J connectivity index is 1.40. The Morgan fingerprint density at radius 1 is 1.04 bits per heavy atom. The highest BCUT2D eigenvalue weighted by Gasteiger charge is 2.36. The zero-order valence-electron chi connectivity index (χ0n) is 16.4. The van der Waals surface area contributed by atoms with Gasteiger partial charge in [-0.15, -0.1) is 0 Å². The number of likely N-dealkylation sites (tertiary alicyclic amines) is 2. The van der Waals surface area contributed by atoms with Crippen molar-refractivity contribution in [3.05, 3.63) is 48.3 Å². The second-order valence-corrected chi connectivity index (χ2v) is 8.13. The van der Waals surface area contributed by atoms with Crippen LogP contribution in [0.4, 0.5) is 0 Å². The minimum atomic E-state index is 0.0591. The van der Waals surface area contributed by atoms with E-state index in [2.05, 4.69) is 10.00 Å². The molecule has 2 aliphatic heterocycles. The Morgan fingerprint density at radius 2 is 1.75 bits per heavy atom. The van der Waals surface area contributed by atoms with Crippen LogP contribution in [0.25, 0.3) is 5.69 Å². The Bertz CT molecular complexity index is 751. The first kappa shape index (κ1) is 19.2. The largest absolute Gasteiger partial charge is 0.396 e. The van der Waals surface area contributed by atoms with E-state index >= 15 is 0 Å². The predicted octanol–water partition coefficient (Wildman–Crippen LogP) is 2.43. The number of amides is 1. The molecule has 2 aliphatic rings. The number of hydrogen-bond donors (Lipinski definition) is 1. The van der Waals surface area contributed by atoms with Crippen LogP contribution in [0, 0.1) is 11.8 Å². The number of aliphatic hydroxyl groups excluding tert-OH is 1. The van der Waals surface area contributed by atoms with E-state index in [4.69, 9.17) is 0 Å². The molecule has 2 saturated heterocycles. The lowest BCUT2D eigenvalue weighted by atomic mass is 9.96. The fourth-order valence-electron chi connectivity index (χ4n) is 4.53. The lowest BCUT2D eigenvalue weighted by Gasteiger charge is -2.26. The van der Waals surface area contributed by atoms with E-state index in [1.807, 2.05) is 41.4 Å². The molecule has 4 rings (SSSR count). The van der Waals surface area contributed by atoms with Crippen LogP contribution in [0.1, 0.15) is 36.0 Å². The summed E-state index contributed by atoms with van der Waals surface area (Å²) < 4.78 is 1.78. The molecule has 6 nitrogen and oxygen atoms in total. The Labute approximate surface area is 166 Å². The second-order valence-electron chi connectivity index (χ2n) is 8.13. The van der Waals surface area contributed by atoms with Crippen LogP contribution < -0.4 is 0 Å². The van der Waals surface area contributed by atoms with Crippen molar-refractivity contribution in [2.75, 3.05) is 39.3 Å². The molecule has 150 valence electrons.